The van der Waals surface area contributed by atoms with Crippen molar-refractivity contribution < 1.29 is 28.5 Å². The first-order valence-corrected chi connectivity index (χ1v) is 15.7. The van der Waals surface area contributed by atoms with Crippen molar-refractivity contribution in [3.8, 4) is 23.0 Å². The molecule has 0 radical (unpaired) electrons. The van der Waals surface area contributed by atoms with Crippen LogP contribution in [-0.4, -0.2) is 44.6 Å². The lowest BCUT2D eigenvalue weighted by Crippen LogP contribution is -2.40. The number of aromatic nitrogens is 1. The van der Waals surface area contributed by atoms with Crippen LogP contribution in [-0.2, 0) is 9.53 Å². The van der Waals surface area contributed by atoms with Gasteiger partial charge < -0.3 is 23.7 Å². The molecule has 5 rings (SSSR count). The highest BCUT2D eigenvalue weighted by Crippen LogP contribution is 2.42. The van der Waals surface area contributed by atoms with Crippen molar-refractivity contribution in [3.05, 3.63) is 109 Å². The zero-order valence-electron chi connectivity index (χ0n) is 26.0. The van der Waals surface area contributed by atoms with Crippen LogP contribution in [0.25, 0.3) is 11.8 Å². The Morgan fingerprint density at radius 3 is 2.27 bits per heavy atom. The van der Waals surface area contributed by atoms with Gasteiger partial charge in [-0.2, -0.15) is 0 Å². The van der Waals surface area contributed by atoms with Gasteiger partial charge >= 0.3 is 5.97 Å². The van der Waals surface area contributed by atoms with E-state index in [1.165, 1.54) is 11.3 Å². The van der Waals surface area contributed by atoms with Crippen molar-refractivity contribution in [1.29, 1.82) is 0 Å². The van der Waals surface area contributed by atoms with E-state index >= 15 is 0 Å². The van der Waals surface area contributed by atoms with Gasteiger partial charge in [0.1, 0.15) is 6.04 Å². The molecule has 234 valence electrons. The maximum absolute atomic E-state index is 14.4. The van der Waals surface area contributed by atoms with E-state index in [9.17, 15) is 9.59 Å². The molecular formula is C35H36N2O7S. The maximum atomic E-state index is 14.4. The molecule has 0 bridgehead atoms. The predicted octanol–water partition coefficient (Wildman–Crippen LogP) is 5.14. The predicted molar refractivity (Wildman–Crippen MR) is 174 cm³/mol. The molecule has 4 aromatic rings. The summed E-state index contributed by atoms with van der Waals surface area (Å²) >= 11 is 1.23. The molecule has 0 spiro atoms. The number of thiazole rings is 1. The van der Waals surface area contributed by atoms with E-state index in [1.54, 1.807) is 37.9 Å². The number of fused-ring (bicyclic) bond motifs is 1. The monoisotopic (exact) mass is 628 g/mol. The minimum atomic E-state index is -0.920. The number of para-hydroxylation sites is 2. The fourth-order valence-corrected chi connectivity index (χ4v) is 6.24. The standard InChI is InChI=1S/C35H36N2O7S/c1-6-20-44-32-24(17-13-19-26(32)41-5)30-28(34(39)43-8-3)29(22-14-10-9-11-15-22)36-35-37(30)33(38)27(45-35)21-23-16-12-18-25(40-4)31(23)42-7-2/h9-19,21,30H,6-8,20H2,1-5H3/t30-/m1/s1. The van der Waals surface area contributed by atoms with E-state index in [4.69, 9.17) is 28.7 Å². The van der Waals surface area contributed by atoms with E-state index < -0.39 is 12.0 Å². The smallest absolute Gasteiger partial charge is 0.338 e. The number of benzene rings is 3. The van der Waals surface area contributed by atoms with Gasteiger partial charge in [-0.3, -0.25) is 9.36 Å². The molecule has 1 aliphatic rings. The van der Waals surface area contributed by atoms with Crippen LogP contribution < -0.4 is 33.8 Å². The fraction of sp³-hybridized carbons (Fsp3) is 0.286. The summed E-state index contributed by atoms with van der Waals surface area (Å²) in [6.45, 7) is 6.62. The van der Waals surface area contributed by atoms with Crippen molar-refractivity contribution in [1.82, 2.24) is 4.57 Å². The Morgan fingerprint density at radius 2 is 1.60 bits per heavy atom. The lowest BCUT2D eigenvalue weighted by atomic mass is 9.92. The van der Waals surface area contributed by atoms with E-state index in [-0.39, 0.29) is 17.7 Å². The van der Waals surface area contributed by atoms with Crippen molar-refractivity contribution >= 4 is 29.1 Å². The van der Waals surface area contributed by atoms with Crippen molar-refractivity contribution in [2.45, 2.75) is 33.2 Å². The Hall–Kier alpha value is -4.83. The number of esters is 1. The van der Waals surface area contributed by atoms with Gasteiger partial charge in [0.15, 0.2) is 27.8 Å². The molecule has 9 nitrogen and oxygen atoms in total. The molecule has 0 aliphatic carbocycles. The number of hydrogen-bond acceptors (Lipinski definition) is 9. The van der Waals surface area contributed by atoms with Crippen molar-refractivity contribution in [2.24, 2.45) is 4.99 Å². The van der Waals surface area contributed by atoms with Gasteiger partial charge in [-0.05, 0) is 38.5 Å². The third-order valence-corrected chi connectivity index (χ3v) is 8.14. The molecule has 0 saturated heterocycles. The van der Waals surface area contributed by atoms with Crippen LogP contribution >= 0.6 is 11.3 Å². The molecule has 3 aromatic carbocycles. The second kappa shape index (κ2) is 14.3. The molecule has 0 amide bonds. The largest absolute Gasteiger partial charge is 0.493 e. The lowest BCUT2D eigenvalue weighted by Gasteiger charge is -2.27. The van der Waals surface area contributed by atoms with Gasteiger partial charge in [-0.1, -0.05) is 72.9 Å². The Kier molecular flexibility index (Phi) is 10.0. The summed E-state index contributed by atoms with van der Waals surface area (Å²) in [4.78, 5) is 33.7. The summed E-state index contributed by atoms with van der Waals surface area (Å²) in [5.74, 6) is 1.45. The molecular weight excluding hydrogens is 592 g/mol. The van der Waals surface area contributed by atoms with Crippen LogP contribution in [0.5, 0.6) is 23.0 Å². The molecule has 10 heteroatoms. The average molecular weight is 629 g/mol. The third kappa shape index (κ3) is 6.23. The summed E-state index contributed by atoms with van der Waals surface area (Å²) in [5.41, 5.74) is 2.30. The summed E-state index contributed by atoms with van der Waals surface area (Å²) in [7, 11) is 3.13. The Morgan fingerprint density at radius 1 is 0.889 bits per heavy atom. The van der Waals surface area contributed by atoms with Crippen LogP contribution in [0, 0.1) is 0 Å². The van der Waals surface area contributed by atoms with Crippen LogP contribution in [0.1, 0.15) is 49.9 Å². The highest BCUT2D eigenvalue weighted by molar-refractivity contribution is 7.07. The SMILES string of the molecule is CCCOc1c(OC)cccc1[C@@H]1C(C(=O)OCC)=C(c2ccccc2)N=c2sc(=Cc3cccc(OC)c3OCC)c(=O)n21. The summed E-state index contributed by atoms with van der Waals surface area (Å²) < 4.78 is 30.9. The van der Waals surface area contributed by atoms with Gasteiger partial charge in [-0.15, -0.1) is 0 Å². The Labute approximate surface area is 265 Å². The first-order chi connectivity index (χ1) is 22.0. The van der Waals surface area contributed by atoms with Gasteiger partial charge in [0.05, 0.1) is 49.8 Å². The van der Waals surface area contributed by atoms with E-state index in [2.05, 4.69) is 0 Å². The lowest BCUT2D eigenvalue weighted by molar-refractivity contribution is -0.138. The molecule has 45 heavy (non-hydrogen) atoms. The molecule has 1 atom stereocenters. The number of hydrogen-bond donors (Lipinski definition) is 0. The normalized spacial score (nSPS) is 14.4. The molecule has 0 fully saturated rings. The number of ether oxygens (including phenoxy) is 5. The fourth-order valence-electron chi connectivity index (χ4n) is 5.25. The third-order valence-electron chi connectivity index (χ3n) is 7.15. The van der Waals surface area contributed by atoms with Gasteiger partial charge in [0.25, 0.3) is 5.56 Å². The van der Waals surface area contributed by atoms with E-state index in [1.807, 2.05) is 74.5 Å². The van der Waals surface area contributed by atoms with Crippen LogP contribution in [0.15, 0.2) is 82.1 Å². The summed E-state index contributed by atoms with van der Waals surface area (Å²) in [5, 5.41) is 0. The van der Waals surface area contributed by atoms with Crippen molar-refractivity contribution in [3.63, 3.8) is 0 Å². The first kappa shape index (κ1) is 31.6. The highest BCUT2D eigenvalue weighted by Gasteiger charge is 2.37. The number of methoxy groups -OCH3 is 2. The van der Waals surface area contributed by atoms with E-state index in [0.29, 0.717) is 67.9 Å². The quantitative estimate of drug-likeness (QED) is 0.201. The van der Waals surface area contributed by atoms with Gasteiger partial charge in [0, 0.05) is 16.7 Å². The highest BCUT2D eigenvalue weighted by atomic mass is 32.1. The minimum absolute atomic E-state index is 0.148. The first-order valence-electron chi connectivity index (χ1n) is 14.8. The molecule has 1 aliphatic heterocycles. The summed E-state index contributed by atoms with van der Waals surface area (Å²) in [6, 6.07) is 19.5. The second-order valence-electron chi connectivity index (χ2n) is 9.97. The Balaban J connectivity index is 1.87. The van der Waals surface area contributed by atoms with Crippen LogP contribution in [0.3, 0.4) is 0 Å². The number of nitrogens with zero attached hydrogens (tertiary/aromatic N) is 2. The summed E-state index contributed by atoms with van der Waals surface area (Å²) in [6.07, 6.45) is 2.52. The average Bonchev–Trinajstić information content (AvgIpc) is 3.38. The van der Waals surface area contributed by atoms with E-state index in [0.717, 1.165) is 6.42 Å². The molecule has 0 N–H and O–H groups in total. The molecule has 2 heterocycles. The maximum Gasteiger partial charge on any atom is 0.338 e. The van der Waals surface area contributed by atoms with Gasteiger partial charge in [-0.25, -0.2) is 9.79 Å². The van der Waals surface area contributed by atoms with Crippen molar-refractivity contribution in [2.75, 3.05) is 34.0 Å². The molecule has 1 aromatic heterocycles. The topological polar surface area (TPSA) is 97.6 Å². The number of rotatable bonds is 12. The van der Waals surface area contributed by atoms with Crippen LogP contribution in [0.2, 0.25) is 0 Å². The van der Waals surface area contributed by atoms with Crippen LogP contribution in [0.4, 0.5) is 0 Å². The second-order valence-corrected chi connectivity index (χ2v) is 11.0. The minimum Gasteiger partial charge on any atom is -0.493 e. The van der Waals surface area contributed by atoms with Gasteiger partial charge in [0.2, 0.25) is 0 Å². The Bertz CT molecular complexity index is 1890. The zero-order valence-corrected chi connectivity index (χ0v) is 26.8. The molecule has 0 unspecified atom stereocenters. The number of carbonyl (C=O) groups excluding carboxylic acids is 1. The zero-order chi connectivity index (χ0) is 31.9. The number of carbonyl (C=O) groups is 1. The molecule has 0 saturated carbocycles.